The highest BCUT2D eigenvalue weighted by molar-refractivity contribution is 5.72. The maximum Gasteiger partial charge on any atom is 0.416 e. The van der Waals surface area contributed by atoms with Crippen molar-refractivity contribution in [2.45, 2.75) is 95.5 Å². The van der Waals surface area contributed by atoms with Crippen LogP contribution in [0, 0.1) is 5.92 Å². The standard InChI is InChI=1S/C32H36F6N6O4/c1-4-24-11-26(12-25(5-2)44(24)30(47)48-27-8-19(9-27)28(45)46)43(29-39-13-20(14-40-29)21-15-41-42(3)17-21)16-18-6-22(31(33,34)35)10-23(7-18)32(36,37)38/h6-7,10,13-15,17,19,24-27H,4-5,8-9,11-12,16H2,1-3H3,(H,45,46)/t19?,24-,25?,26?,27?/m1/s1. The molecule has 0 bridgehead atoms. The molecule has 1 aliphatic carbocycles. The molecule has 3 atom stereocenters. The number of hydrogen-bond donors (Lipinski definition) is 1. The fraction of sp³-hybridized carbons (Fsp3) is 0.531. The maximum atomic E-state index is 13.8. The first kappa shape index (κ1) is 35.0. The molecule has 2 aliphatic rings. The molecule has 2 unspecified atom stereocenters. The topological polar surface area (TPSA) is 114 Å². The van der Waals surface area contributed by atoms with Gasteiger partial charge in [-0.2, -0.15) is 31.4 Å². The molecule has 260 valence electrons. The molecule has 5 rings (SSSR count). The van der Waals surface area contributed by atoms with Gasteiger partial charge in [-0.05, 0) is 62.3 Å². The van der Waals surface area contributed by atoms with Crippen LogP contribution in [0.3, 0.4) is 0 Å². The Balaban J connectivity index is 1.47. The summed E-state index contributed by atoms with van der Waals surface area (Å²) in [4.78, 5) is 36.8. The van der Waals surface area contributed by atoms with Gasteiger partial charge in [0.25, 0.3) is 0 Å². The second kappa shape index (κ2) is 13.6. The van der Waals surface area contributed by atoms with Crippen LogP contribution in [0.5, 0.6) is 0 Å². The van der Waals surface area contributed by atoms with E-state index in [1.165, 1.54) is 12.4 Å². The Morgan fingerprint density at radius 2 is 1.46 bits per heavy atom. The number of alkyl halides is 6. The Morgan fingerprint density at radius 3 is 1.92 bits per heavy atom. The lowest BCUT2D eigenvalue weighted by atomic mass is 9.82. The van der Waals surface area contributed by atoms with E-state index < -0.39 is 53.6 Å². The Morgan fingerprint density at radius 1 is 0.896 bits per heavy atom. The third kappa shape index (κ3) is 7.67. The number of aromatic nitrogens is 4. The molecule has 3 heterocycles. The predicted molar refractivity (Wildman–Crippen MR) is 161 cm³/mol. The third-order valence-corrected chi connectivity index (χ3v) is 9.11. The van der Waals surface area contributed by atoms with Gasteiger partial charge in [0.05, 0.1) is 23.2 Å². The SMILES string of the molecule is CCC1CC(N(Cc2cc(C(F)(F)F)cc(C(F)(F)F)c2)c2ncc(-c3cnn(C)c3)cn2)C[C@@H](CC)N1C(=O)OC1CC(C(=O)O)C1. The van der Waals surface area contributed by atoms with Crippen molar-refractivity contribution in [3.05, 3.63) is 59.7 Å². The molecule has 1 N–H and O–H groups in total. The molecular weight excluding hydrogens is 646 g/mol. The Labute approximate surface area is 272 Å². The molecule has 1 saturated carbocycles. The zero-order chi connectivity index (χ0) is 35.0. The molecule has 0 radical (unpaired) electrons. The molecule has 1 saturated heterocycles. The number of piperidine rings is 1. The zero-order valence-corrected chi connectivity index (χ0v) is 26.5. The normalized spacial score (nSPS) is 23.0. The van der Waals surface area contributed by atoms with Gasteiger partial charge < -0.3 is 19.6 Å². The molecule has 1 aromatic carbocycles. The van der Waals surface area contributed by atoms with E-state index in [0.717, 1.165) is 0 Å². The molecule has 2 aromatic heterocycles. The summed E-state index contributed by atoms with van der Waals surface area (Å²) in [7, 11) is 1.74. The first-order valence-electron chi connectivity index (χ1n) is 15.6. The Bertz CT molecular complexity index is 1560. The summed E-state index contributed by atoms with van der Waals surface area (Å²) in [6, 6.07) is 0.254. The van der Waals surface area contributed by atoms with Crippen LogP contribution in [-0.2, 0) is 35.5 Å². The lowest BCUT2D eigenvalue weighted by Gasteiger charge is -2.48. The minimum absolute atomic E-state index is 0.0954. The van der Waals surface area contributed by atoms with Crippen LogP contribution in [0.15, 0.2) is 43.0 Å². The number of carbonyl (C=O) groups excluding carboxylic acids is 1. The van der Waals surface area contributed by atoms with Gasteiger partial charge in [-0.25, -0.2) is 14.8 Å². The van der Waals surface area contributed by atoms with Crippen LogP contribution < -0.4 is 4.90 Å². The van der Waals surface area contributed by atoms with Crippen LogP contribution in [0.2, 0.25) is 0 Å². The number of nitrogens with zero attached hydrogens (tertiary/aromatic N) is 6. The number of aliphatic carboxylic acids is 1. The van der Waals surface area contributed by atoms with E-state index in [1.54, 1.807) is 33.9 Å². The van der Waals surface area contributed by atoms with E-state index in [9.17, 15) is 41.0 Å². The van der Waals surface area contributed by atoms with Crippen molar-refractivity contribution in [3.8, 4) is 11.1 Å². The van der Waals surface area contributed by atoms with Gasteiger partial charge in [0.15, 0.2) is 0 Å². The van der Waals surface area contributed by atoms with Crippen LogP contribution in [0.4, 0.5) is 37.1 Å². The number of hydrogen-bond acceptors (Lipinski definition) is 7. The number of rotatable bonds is 9. The van der Waals surface area contributed by atoms with Gasteiger partial charge in [-0.1, -0.05) is 13.8 Å². The summed E-state index contributed by atoms with van der Waals surface area (Å²) in [5.74, 6) is -1.40. The molecule has 2 fully saturated rings. The van der Waals surface area contributed by atoms with Crippen molar-refractivity contribution >= 4 is 18.0 Å². The molecular formula is C32H36F6N6O4. The average Bonchev–Trinajstić information content (AvgIpc) is 3.45. The summed E-state index contributed by atoms with van der Waals surface area (Å²) < 4.78 is 89.8. The lowest BCUT2D eigenvalue weighted by Crippen LogP contribution is -2.57. The number of anilines is 1. The number of carbonyl (C=O) groups is 2. The van der Waals surface area contributed by atoms with Crippen molar-refractivity contribution in [2.24, 2.45) is 13.0 Å². The molecule has 10 nitrogen and oxygen atoms in total. The largest absolute Gasteiger partial charge is 0.481 e. The average molecular weight is 683 g/mol. The van der Waals surface area contributed by atoms with E-state index in [2.05, 4.69) is 15.1 Å². The van der Waals surface area contributed by atoms with E-state index in [0.29, 0.717) is 48.9 Å². The maximum absolute atomic E-state index is 13.8. The summed E-state index contributed by atoms with van der Waals surface area (Å²) >= 11 is 0. The zero-order valence-electron chi connectivity index (χ0n) is 26.5. The van der Waals surface area contributed by atoms with Gasteiger partial charge in [-0.15, -0.1) is 0 Å². The van der Waals surface area contributed by atoms with Crippen LogP contribution >= 0.6 is 0 Å². The van der Waals surface area contributed by atoms with Crippen molar-refractivity contribution in [1.82, 2.24) is 24.6 Å². The van der Waals surface area contributed by atoms with Crippen LogP contribution in [-0.4, -0.2) is 66.0 Å². The van der Waals surface area contributed by atoms with Crippen molar-refractivity contribution in [1.29, 1.82) is 0 Å². The van der Waals surface area contributed by atoms with Crippen molar-refractivity contribution in [3.63, 3.8) is 0 Å². The molecule has 0 spiro atoms. The lowest BCUT2D eigenvalue weighted by molar-refractivity contribution is -0.149. The number of carboxylic acid groups (broad SMARTS) is 1. The van der Waals surface area contributed by atoms with E-state index in [4.69, 9.17) is 4.74 Å². The summed E-state index contributed by atoms with van der Waals surface area (Å²) in [5.41, 5.74) is -1.73. The van der Waals surface area contributed by atoms with Gasteiger partial charge >= 0.3 is 24.4 Å². The second-order valence-corrected chi connectivity index (χ2v) is 12.4. The number of likely N-dealkylation sites (tertiary alicyclic amines) is 1. The smallest absolute Gasteiger partial charge is 0.416 e. The second-order valence-electron chi connectivity index (χ2n) is 12.4. The van der Waals surface area contributed by atoms with Gasteiger partial charge in [0.1, 0.15) is 6.10 Å². The minimum atomic E-state index is -5.01. The highest BCUT2D eigenvalue weighted by atomic mass is 19.4. The monoisotopic (exact) mass is 682 g/mol. The summed E-state index contributed by atoms with van der Waals surface area (Å²) in [6.07, 6.45) is -2.69. The van der Waals surface area contributed by atoms with Crippen molar-refractivity contribution < 1.29 is 45.8 Å². The quantitative estimate of drug-likeness (QED) is 0.242. The molecule has 48 heavy (non-hydrogen) atoms. The first-order chi connectivity index (χ1) is 22.6. The highest BCUT2D eigenvalue weighted by Crippen LogP contribution is 2.39. The third-order valence-electron chi connectivity index (χ3n) is 9.11. The highest BCUT2D eigenvalue weighted by Gasteiger charge is 2.44. The van der Waals surface area contributed by atoms with Crippen molar-refractivity contribution in [2.75, 3.05) is 4.90 Å². The molecule has 1 aliphatic heterocycles. The number of halogens is 6. The van der Waals surface area contributed by atoms with E-state index in [1.807, 2.05) is 13.8 Å². The molecule has 3 aromatic rings. The number of amides is 1. The number of benzene rings is 1. The number of aryl methyl sites for hydroxylation is 1. The predicted octanol–water partition coefficient (Wildman–Crippen LogP) is 6.94. The fourth-order valence-corrected chi connectivity index (χ4v) is 6.46. The van der Waals surface area contributed by atoms with Crippen LogP contribution in [0.25, 0.3) is 11.1 Å². The summed E-state index contributed by atoms with van der Waals surface area (Å²) in [6.45, 7) is 3.38. The molecule has 1 amide bonds. The molecule has 16 heteroatoms. The van der Waals surface area contributed by atoms with E-state index in [-0.39, 0.29) is 49.0 Å². The number of ether oxygens (including phenoxy) is 1. The minimum Gasteiger partial charge on any atom is -0.481 e. The fourth-order valence-electron chi connectivity index (χ4n) is 6.46. The van der Waals surface area contributed by atoms with Gasteiger partial charge in [0.2, 0.25) is 5.95 Å². The number of carboxylic acids is 1. The van der Waals surface area contributed by atoms with Crippen LogP contribution in [0.1, 0.15) is 69.1 Å². The first-order valence-corrected chi connectivity index (χ1v) is 15.6. The van der Waals surface area contributed by atoms with Gasteiger partial charge in [-0.3, -0.25) is 9.48 Å². The Hall–Kier alpha value is -4.37. The Kier molecular flexibility index (Phi) is 9.92. The van der Waals surface area contributed by atoms with E-state index >= 15 is 0 Å². The summed E-state index contributed by atoms with van der Waals surface area (Å²) in [5, 5.41) is 13.3. The van der Waals surface area contributed by atoms with Gasteiger partial charge in [0, 0.05) is 61.4 Å².